The highest BCUT2D eigenvalue weighted by molar-refractivity contribution is 5.49. The highest BCUT2D eigenvalue weighted by Crippen LogP contribution is 2.12. The number of hydrogen-bond acceptors (Lipinski definition) is 5. The second-order valence-corrected chi connectivity index (χ2v) is 3.82. The van der Waals surface area contributed by atoms with Crippen LogP contribution in [-0.2, 0) is 6.54 Å². The molecule has 0 unspecified atom stereocenters. The maximum atomic E-state index is 5.70. The Bertz CT molecular complexity index is 524. The summed E-state index contributed by atoms with van der Waals surface area (Å²) >= 11 is 0. The molecule has 0 aliphatic rings. The molecular weight excluding hydrogens is 214 g/mol. The van der Waals surface area contributed by atoms with Crippen LogP contribution < -0.4 is 11.1 Å². The van der Waals surface area contributed by atoms with Crippen molar-refractivity contribution in [3.05, 3.63) is 41.6 Å². The van der Waals surface area contributed by atoms with Crippen molar-refractivity contribution in [2.24, 2.45) is 0 Å². The standard InChI is InChI=1S/C12H15N5/c1-8-11(13)3-4-12(16-8)15-7-10-5-6-14-9(2)17-10/h3-6H,7,13H2,1-2H3,(H,15,16). The molecule has 2 aromatic rings. The van der Waals surface area contributed by atoms with Crippen molar-refractivity contribution in [1.29, 1.82) is 0 Å². The average Bonchev–Trinajstić information content (AvgIpc) is 2.31. The first-order chi connectivity index (χ1) is 8.15. The summed E-state index contributed by atoms with van der Waals surface area (Å²) in [5.74, 6) is 1.57. The van der Waals surface area contributed by atoms with Crippen molar-refractivity contribution < 1.29 is 0 Å². The van der Waals surface area contributed by atoms with Gasteiger partial charge in [0.25, 0.3) is 0 Å². The average molecular weight is 229 g/mol. The zero-order valence-corrected chi connectivity index (χ0v) is 9.94. The first kappa shape index (κ1) is 11.3. The number of nitrogens with zero attached hydrogens (tertiary/aromatic N) is 3. The van der Waals surface area contributed by atoms with Gasteiger partial charge in [-0.25, -0.2) is 15.0 Å². The van der Waals surface area contributed by atoms with E-state index in [2.05, 4.69) is 20.3 Å². The van der Waals surface area contributed by atoms with Crippen molar-refractivity contribution in [3.63, 3.8) is 0 Å². The van der Waals surface area contributed by atoms with E-state index in [1.165, 1.54) is 0 Å². The fourth-order valence-corrected chi connectivity index (χ4v) is 1.45. The third-order valence-electron chi connectivity index (χ3n) is 2.41. The molecule has 0 spiro atoms. The van der Waals surface area contributed by atoms with Gasteiger partial charge in [-0.1, -0.05) is 0 Å². The minimum Gasteiger partial charge on any atom is -0.397 e. The molecule has 0 saturated heterocycles. The fourth-order valence-electron chi connectivity index (χ4n) is 1.45. The van der Waals surface area contributed by atoms with E-state index >= 15 is 0 Å². The van der Waals surface area contributed by atoms with Crippen molar-refractivity contribution >= 4 is 11.5 Å². The number of nitrogens with two attached hydrogens (primary N) is 1. The Balaban J connectivity index is 2.05. The van der Waals surface area contributed by atoms with Crippen LogP contribution in [0, 0.1) is 13.8 Å². The Kier molecular flexibility index (Phi) is 3.18. The number of pyridine rings is 1. The summed E-state index contributed by atoms with van der Waals surface area (Å²) in [7, 11) is 0. The molecule has 0 radical (unpaired) electrons. The van der Waals surface area contributed by atoms with Crippen LogP contribution >= 0.6 is 0 Å². The second-order valence-electron chi connectivity index (χ2n) is 3.82. The highest BCUT2D eigenvalue weighted by Gasteiger charge is 1.99. The van der Waals surface area contributed by atoms with E-state index in [-0.39, 0.29) is 0 Å². The molecular formula is C12H15N5. The van der Waals surface area contributed by atoms with Gasteiger partial charge in [0, 0.05) is 6.20 Å². The minimum absolute atomic E-state index is 0.625. The second kappa shape index (κ2) is 4.78. The van der Waals surface area contributed by atoms with Gasteiger partial charge in [-0.15, -0.1) is 0 Å². The van der Waals surface area contributed by atoms with Crippen LogP contribution in [0.15, 0.2) is 24.4 Å². The first-order valence-corrected chi connectivity index (χ1v) is 5.40. The Morgan fingerprint density at radius 2 is 2.00 bits per heavy atom. The molecule has 0 aromatic carbocycles. The van der Waals surface area contributed by atoms with Crippen LogP contribution in [0.25, 0.3) is 0 Å². The van der Waals surface area contributed by atoms with Crippen LogP contribution in [0.5, 0.6) is 0 Å². The molecule has 5 heteroatoms. The largest absolute Gasteiger partial charge is 0.397 e. The van der Waals surface area contributed by atoms with Crippen LogP contribution in [0.2, 0.25) is 0 Å². The molecule has 2 rings (SSSR count). The molecule has 2 heterocycles. The maximum Gasteiger partial charge on any atom is 0.126 e. The number of hydrogen-bond donors (Lipinski definition) is 2. The van der Waals surface area contributed by atoms with Crippen molar-refractivity contribution in [2.45, 2.75) is 20.4 Å². The monoisotopic (exact) mass is 229 g/mol. The summed E-state index contributed by atoms with van der Waals surface area (Å²) in [4.78, 5) is 12.7. The lowest BCUT2D eigenvalue weighted by Crippen LogP contribution is -2.05. The molecule has 17 heavy (non-hydrogen) atoms. The SMILES string of the molecule is Cc1nccc(CNc2ccc(N)c(C)n2)n1. The predicted molar refractivity (Wildman–Crippen MR) is 67.5 cm³/mol. The van der Waals surface area contributed by atoms with Gasteiger partial charge in [0.15, 0.2) is 0 Å². The number of nitrogen functional groups attached to an aromatic ring is 1. The number of aryl methyl sites for hydroxylation is 2. The van der Waals surface area contributed by atoms with Crippen LogP contribution in [0.3, 0.4) is 0 Å². The molecule has 0 saturated carbocycles. The number of anilines is 2. The lowest BCUT2D eigenvalue weighted by atomic mass is 10.3. The van der Waals surface area contributed by atoms with E-state index < -0.39 is 0 Å². The van der Waals surface area contributed by atoms with E-state index in [4.69, 9.17) is 5.73 Å². The summed E-state index contributed by atoms with van der Waals surface area (Å²) in [6, 6.07) is 5.58. The zero-order chi connectivity index (χ0) is 12.3. The Hall–Kier alpha value is -2.17. The van der Waals surface area contributed by atoms with E-state index in [0.717, 1.165) is 23.0 Å². The quantitative estimate of drug-likeness (QED) is 0.837. The summed E-state index contributed by atoms with van der Waals surface area (Å²) < 4.78 is 0. The molecule has 5 nitrogen and oxygen atoms in total. The summed E-state index contributed by atoms with van der Waals surface area (Å²) in [5, 5.41) is 3.20. The smallest absolute Gasteiger partial charge is 0.126 e. The normalized spacial score (nSPS) is 10.2. The van der Waals surface area contributed by atoms with Gasteiger partial charge in [-0.2, -0.15) is 0 Å². The van der Waals surface area contributed by atoms with Crippen molar-refractivity contribution in [2.75, 3.05) is 11.1 Å². The van der Waals surface area contributed by atoms with Gasteiger partial charge in [0.05, 0.1) is 23.6 Å². The van der Waals surface area contributed by atoms with Gasteiger partial charge in [0.2, 0.25) is 0 Å². The number of rotatable bonds is 3. The molecule has 88 valence electrons. The molecule has 0 amide bonds. The lowest BCUT2D eigenvalue weighted by molar-refractivity contribution is 0.948. The van der Waals surface area contributed by atoms with Crippen LogP contribution in [-0.4, -0.2) is 15.0 Å². The predicted octanol–water partition coefficient (Wildman–Crippen LogP) is 1.68. The van der Waals surface area contributed by atoms with Crippen LogP contribution in [0.1, 0.15) is 17.2 Å². The Morgan fingerprint density at radius 3 is 2.71 bits per heavy atom. The number of nitrogens with one attached hydrogen (secondary N) is 1. The van der Waals surface area contributed by atoms with Crippen LogP contribution in [0.4, 0.5) is 11.5 Å². The minimum atomic E-state index is 0.625. The number of aromatic nitrogens is 3. The first-order valence-electron chi connectivity index (χ1n) is 5.40. The summed E-state index contributed by atoms with van der Waals surface area (Å²) in [6.07, 6.45) is 1.75. The van der Waals surface area contributed by atoms with Gasteiger partial charge >= 0.3 is 0 Å². The fraction of sp³-hybridized carbons (Fsp3) is 0.250. The van der Waals surface area contributed by atoms with E-state index in [0.29, 0.717) is 12.2 Å². The van der Waals surface area contributed by atoms with Crippen molar-refractivity contribution in [1.82, 2.24) is 15.0 Å². The summed E-state index contributed by atoms with van der Waals surface area (Å²) in [6.45, 7) is 4.38. The maximum absolute atomic E-state index is 5.70. The van der Waals surface area contributed by atoms with Gasteiger partial charge in [-0.05, 0) is 32.0 Å². The molecule has 0 bridgehead atoms. The third kappa shape index (κ3) is 2.90. The van der Waals surface area contributed by atoms with Gasteiger partial charge in [0.1, 0.15) is 11.6 Å². The molecule has 0 aliphatic carbocycles. The van der Waals surface area contributed by atoms with Gasteiger partial charge in [-0.3, -0.25) is 0 Å². The lowest BCUT2D eigenvalue weighted by Gasteiger charge is -2.07. The molecule has 0 atom stereocenters. The molecule has 0 aliphatic heterocycles. The molecule has 3 N–H and O–H groups in total. The zero-order valence-electron chi connectivity index (χ0n) is 9.94. The van der Waals surface area contributed by atoms with E-state index in [1.807, 2.05) is 32.0 Å². The molecule has 0 fully saturated rings. The molecule has 2 aromatic heterocycles. The summed E-state index contributed by atoms with van der Waals surface area (Å²) in [5.41, 5.74) is 8.17. The van der Waals surface area contributed by atoms with Gasteiger partial charge < -0.3 is 11.1 Å². The van der Waals surface area contributed by atoms with E-state index in [9.17, 15) is 0 Å². The Morgan fingerprint density at radius 1 is 1.18 bits per heavy atom. The third-order valence-corrected chi connectivity index (χ3v) is 2.41. The van der Waals surface area contributed by atoms with E-state index in [1.54, 1.807) is 6.20 Å². The highest BCUT2D eigenvalue weighted by atomic mass is 15.0. The topological polar surface area (TPSA) is 76.7 Å². The Labute approximate surface area is 100 Å². The van der Waals surface area contributed by atoms with Crippen molar-refractivity contribution in [3.8, 4) is 0 Å².